The van der Waals surface area contributed by atoms with Crippen LogP contribution in [-0.4, -0.2) is 10.7 Å². The Hall–Kier alpha value is -0.940. The van der Waals surface area contributed by atoms with Gasteiger partial charge in [0.05, 0.1) is 11.2 Å². The smallest absolute Gasteiger partial charge is 0.386 e. The molecule has 0 saturated carbocycles. The summed E-state index contributed by atoms with van der Waals surface area (Å²) in [5.74, 6) is 0. The van der Waals surface area contributed by atoms with Crippen molar-refractivity contribution in [1.82, 2.24) is 0 Å². The van der Waals surface area contributed by atoms with Crippen LogP contribution in [0.25, 0.3) is 0 Å². The van der Waals surface area contributed by atoms with E-state index < -0.39 is 17.3 Å². The van der Waals surface area contributed by atoms with Gasteiger partial charge in [0, 0.05) is 4.90 Å². The molecule has 1 N–H and O–H groups in total. The predicted molar refractivity (Wildman–Crippen MR) is 62.7 cm³/mol. The standard InChI is InChI=1S/C12H13F3OS/c1-11(2,16)7-8-17-10-5-3-9(4-6-10)12(13,14)15/h3-8,16H,1-2H3/b8-7+. The van der Waals surface area contributed by atoms with Gasteiger partial charge in [-0.1, -0.05) is 11.8 Å². The summed E-state index contributed by atoms with van der Waals surface area (Å²) in [4.78, 5) is 0.693. The number of thioether (sulfide) groups is 1. The second-order valence-electron chi connectivity index (χ2n) is 4.10. The summed E-state index contributed by atoms with van der Waals surface area (Å²) >= 11 is 1.26. The van der Waals surface area contributed by atoms with Crippen molar-refractivity contribution in [3.8, 4) is 0 Å². The molecule has 0 aliphatic carbocycles. The van der Waals surface area contributed by atoms with Crippen LogP contribution in [0.2, 0.25) is 0 Å². The van der Waals surface area contributed by atoms with E-state index in [1.54, 1.807) is 25.3 Å². The van der Waals surface area contributed by atoms with Gasteiger partial charge in [0.15, 0.2) is 0 Å². The molecule has 0 amide bonds. The van der Waals surface area contributed by atoms with Gasteiger partial charge >= 0.3 is 6.18 Å². The summed E-state index contributed by atoms with van der Waals surface area (Å²) in [6, 6.07) is 4.89. The minimum atomic E-state index is -4.30. The first-order valence-electron chi connectivity index (χ1n) is 4.92. The van der Waals surface area contributed by atoms with Gasteiger partial charge in [-0.05, 0) is 49.6 Å². The molecule has 1 aromatic carbocycles. The van der Waals surface area contributed by atoms with Crippen LogP contribution in [0.15, 0.2) is 40.6 Å². The van der Waals surface area contributed by atoms with Gasteiger partial charge in [-0.2, -0.15) is 13.2 Å². The largest absolute Gasteiger partial charge is 0.416 e. The summed E-state index contributed by atoms with van der Waals surface area (Å²) in [7, 11) is 0. The van der Waals surface area contributed by atoms with E-state index >= 15 is 0 Å². The molecular formula is C12H13F3OS. The molecule has 94 valence electrons. The fourth-order valence-corrected chi connectivity index (χ4v) is 1.85. The third-order valence-corrected chi connectivity index (χ3v) is 2.68. The van der Waals surface area contributed by atoms with E-state index in [1.165, 1.54) is 23.9 Å². The van der Waals surface area contributed by atoms with Gasteiger partial charge < -0.3 is 5.11 Å². The Bertz CT molecular complexity index is 388. The Labute approximate surface area is 102 Å². The SMILES string of the molecule is CC(C)(O)/C=C/Sc1ccc(C(F)(F)F)cc1. The molecule has 1 rings (SSSR count). The lowest BCUT2D eigenvalue weighted by Gasteiger charge is -2.10. The normalized spacial score (nSPS) is 13.3. The molecule has 0 radical (unpaired) electrons. The molecule has 5 heteroatoms. The maximum atomic E-state index is 12.3. The van der Waals surface area contributed by atoms with Crippen LogP contribution in [0, 0.1) is 0 Å². The summed E-state index contributed by atoms with van der Waals surface area (Å²) in [6.07, 6.45) is -2.72. The summed E-state index contributed by atoms with van der Waals surface area (Å²) in [6.45, 7) is 3.24. The maximum Gasteiger partial charge on any atom is 0.416 e. The van der Waals surface area contributed by atoms with Crippen LogP contribution >= 0.6 is 11.8 Å². The van der Waals surface area contributed by atoms with Crippen molar-refractivity contribution in [1.29, 1.82) is 0 Å². The average molecular weight is 262 g/mol. The van der Waals surface area contributed by atoms with Crippen LogP contribution in [0.5, 0.6) is 0 Å². The van der Waals surface area contributed by atoms with Crippen molar-refractivity contribution in [3.63, 3.8) is 0 Å². The van der Waals surface area contributed by atoms with Gasteiger partial charge in [-0.25, -0.2) is 0 Å². The zero-order valence-corrected chi connectivity index (χ0v) is 10.3. The van der Waals surface area contributed by atoms with E-state index in [2.05, 4.69) is 0 Å². The molecular weight excluding hydrogens is 249 g/mol. The van der Waals surface area contributed by atoms with E-state index in [9.17, 15) is 18.3 Å². The summed E-state index contributed by atoms with van der Waals surface area (Å²) in [5, 5.41) is 11.1. The fraction of sp³-hybridized carbons (Fsp3) is 0.333. The van der Waals surface area contributed by atoms with E-state index in [0.717, 1.165) is 12.1 Å². The second-order valence-corrected chi connectivity index (χ2v) is 5.08. The molecule has 0 aliphatic rings. The average Bonchev–Trinajstić information content (AvgIpc) is 2.15. The van der Waals surface area contributed by atoms with Crippen molar-refractivity contribution in [2.75, 3.05) is 0 Å². The first-order chi connectivity index (χ1) is 7.68. The number of benzene rings is 1. The van der Waals surface area contributed by atoms with E-state index in [1.807, 2.05) is 0 Å². The number of aliphatic hydroxyl groups is 1. The Morgan fingerprint density at radius 2 is 1.65 bits per heavy atom. The van der Waals surface area contributed by atoms with Crippen molar-refractivity contribution in [3.05, 3.63) is 41.3 Å². The van der Waals surface area contributed by atoms with Crippen molar-refractivity contribution >= 4 is 11.8 Å². The first-order valence-corrected chi connectivity index (χ1v) is 5.80. The van der Waals surface area contributed by atoms with Crippen LogP contribution in [-0.2, 0) is 6.18 Å². The molecule has 0 aliphatic heterocycles. The van der Waals surface area contributed by atoms with Crippen molar-refractivity contribution in [2.24, 2.45) is 0 Å². The second kappa shape index (κ2) is 5.14. The highest BCUT2D eigenvalue weighted by Crippen LogP contribution is 2.31. The molecule has 0 aromatic heterocycles. The highest BCUT2D eigenvalue weighted by Gasteiger charge is 2.29. The Kier molecular flexibility index (Phi) is 4.27. The zero-order chi connectivity index (χ0) is 13.1. The quantitative estimate of drug-likeness (QED) is 0.828. The molecule has 0 atom stereocenters. The number of rotatable bonds is 3. The minimum absolute atomic E-state index is 0.659. The minimum Gasteiger partial charge on any atom is -0.386 e. The van der Waals surface area contributed by atoms with Gasteiger partial charge in [-0.15, -0.1) is 0 Å². The molecule has 17 heavy (non-hydrogen) atoms. The van der Waals surface area contributed by atoms with E-state index in [0.29, 0.717) is 4.90 Å². The highest BCUT2D eigenvalue weighted by atomic mass is 32.2. The maximum absolute atomic E-state index is 12.3. The third kappa shape index (κ3) is 5.28. The fourth-order valence-electron chi connectivity index (χ4n) is 1.00. The van der Waals surface area contributed by atoms with Crippen LogP contribution in [0.1, 0.15) is 19.4 Å². The summed E-state index contributed by atoms with van der Waals surface area (Å²) < 4.78 is 36.8. The van der Waals surface area contributed by atoms with E-state index in [4.69, 9.17) is 0 Å². The topological polar surface area (TPSA) is 20.2 Å². The van der Waals surface area contributed by atoms with Gasteiger partial charge in [0.25, 0.3) is 0 Å². The lowest BCUT2D eigenvalue weighted by Crippen LogP contribution is -2.13. The molecule has 1 nitrogen and oxygen atoms in total. The zero-order valence-electron chi connectivity index (χ0n) is 9.45. The number of alkyl halides is 3. The Morgan fingerprint density at radius 3 is 2.06 bits per heavy atom. The van der Waals surface area contributed by atoms with Gasteiger partial charge in [0.2, 0.25) is 0 Å². The molecule has 0 bridgehead atoms. The monoisotopic (exact) mass is 262 g/mol. The molecule has 0 fully saturated rings. The Balaban J connectivity index is 2.67. The highest BCUT2D eigenvalue weighted by molar-refractivity contribution is 8.02. The third-order valence-electron chi connectivity index (χ3n) is 1.86. The number of hydrogen-bond donors (Lipinski definition) is 1. The molecule has 1 aromatic rings. The molecule has 0 heterocycles. The lowest BCUT2D eigenvalue weighted by molar-refractivity contribution is -0.137. The van der Waals surface area contributed by atoms with Crippen LogP contribution < -0.4 is 0 Å². The van der Waals surface area contributed by atoms with Crippen molar-refractivity contribution < 1.29 is 18.3 Å². The Morgan fingerprint density at radius 1 is 1.12 bits per heavy atom. The van der Waals surface area contributed by atoms with Crippen LogP contribution in [0.4, 0.5) is 13.2 Å². The van der Waals surface area contributed by atoms with Gasteiger partial charge in [0.1, 0.15) is 0 Å². The molecule has 0 saturated heterocycles. The van der Waals surface area contributed by atoms with Crippen LogP contribution in [0.3, 0.4) is 0 Å². The van der Waals surface area contributed by atoms with E-state index in [-0.39, 0.29) is 0 Å². The van der Waals surface area contributed by atoms with Gasteiger partial charge in [-0.3, -0.25) is 0 Å². The number of hydrogen-bond acceptors (Lipinski definition) is 2. The first kappa shape index (κ1) is 14.1. The lowest BCUT2D eigenvalue weighted by atomic mass is 10.1. The van der Waals surface area contributed by atoms with Crippen molar-refractivity contribution in [2.45, 2.75) is 30.5 Å². The molecule has 0 spiro atoms. The molecule has 0 unspecified atom stereocenters. The summed E-state index contributed by atoms with van der Waals surface area (Å²) in [5.41, 5.74) is -1.58. The number of halogens is 3. The predicted octanol–water partition coefficient (Wildman–Crippen LogP) is 4.08.